The van der Waals surface area contributed by atoms with E-state index < -0.39 is 0 Å². The Hall–Kier alpha value is -1.60. The molecule has 0 N–H and O–H groups in total. The summed E-state index contributed by atoms with van der Waals surface area (Å²) in [5, 5.41) is 0.643. The zero-order chi connectivity index (χ0) is 13.5. The summed E-state index contributed by atoms with van der Waals surface area (Å²) in [7, 11) is 0. The molecule has 0 aliphatic heterocycles. The van der Waals surface area contributed by atoms with E-state index in [-0.39, 0.29) is 22.9 Å². The van der Waals surface area contributed by atoms with Gasteiger partial charge in [0.1, 0.15) is 5.78 Å². The number of carbonyl (C=O) groups is 1. The van der Waals surface area contributed by atoms with E-state index in [2.05, 4.69) is 0 Å². The second kappa shape index (κ2) is 8.55. The first kappa shape index (κ1) is 16.5. The Morgan fingerprint density at radius 2 is 1.35 bits per heavy atom. The third kappa shape index (κ3) is 4.82. The van der Waals surface area contributed by atoms with E-state index in [9.17, 15) is 4.79 Å². The molecule has 0 saturated carbocycles. The topological polar surface area (TPSA) is 17.1 Å². The fourth-order valence-corrected chi connectivity index (χ4v) is 1.74. The van der Waals surface area contributed by atoms with Crippen molar-refractivity contribution in [3.05, 3.63) is 95.0 Å². The number of hydrogen-bond donors (Lipinski definition) is 0. The number of carbonyl (C=O) groups excluding carboxylic acids is 1. The maximum atomic E-state index is 11.8. The Morgan fingerprint density at radius 1 is 0.900 bits per heavy atom. The van der Waals surface area contributed by atoms with Crippen molar-refractivity contribution in [2.24, 2.45) is 0 Å². The molecular formula is C17H13ClFeO-6. The third-order valence-corrected chi connectivity index (χ3v) is 2.84. The van der Waals surface area contributed by atoms with E-state index in [1.807, 2.05) is 42.5 Å². The molecule has 0 fully saturated rings. The standard InChI is InChI=1S/C12H8ClO.C5H5.Fe/c13-11-7-5-10(6-8-11)12(14)9-3-1-2-4-9;1-2-4-5-3-1;/h1-8H;1-5H;/q-1;-5;. The summed E-state index contributed by atoms with van der Waals surface area (Å²) in [5.74, 6) is 0.0340. The molecule has 3 rings (SSSR count). The van der Waals surface area contributed by atoms with Crippen LogP contribution in [0.5, 0.6) is 0 Å². The van der Waals surface area contributed by atoms with E-state index in [1.54, 1.807) is 36.4 Å². The average molecular weight is 325 g/mol. The van der Waals surface area contributed by atoms with Crippen LogP contribution in [-0.4, -0.2) is 5.78 Å². The van der Waals surface area contributed by atoms with Crippen LogP contribution in [0.1, 0.15) is 15.9 Å². The van der Waals surface area contributed by atoms with Gasteiger partial charge in [0.15, 0.2) is 0 Å². The van der Waals surface area contributed by atoms with Crippen molar-refractivity contribution in [3.8, 4) is 0 Å². The van der Waals surface area contributed by atoms with E-state index in [1.165, 1.54) is 0 Å². The zero-order valence-electron chi connectivity index (χ0n) is 10.6. The van der Waals surface area contributed by atoms with Gasteiger partial charge < -0.3 is 35.1 Å². The monoisotopic (exact) mass is 324 g/mol. The zero-order valence-corrected chi connectivity index (χ0v) is 12.5. The molecule has 20 heavy (non-hydrogen) atoms. The van der Waals surface area contributed by atoms with Gasteiger partial charge in [-0.2, -0.15) is 12.1 Å². The summed E-state index contributed by atoms with van der Waals surface area (Å²) in [5.41, 5.74) is 1.38. The van der Waals surface area contributed by atoms with Crippen molar-refractivity contribution in [1.82, 2.24) is 0 Å². The molecule has 0 spiro atoms. The van der Waals surface area contributed by atoms with Gasteiger partial charge in [0.05, 0.1) is 0 Å². The first-order valence-corrected chi connectivity index (χ1v) is 6.34. The number of rotatable bonds is 2. The Bertz CT molecular complexity index is 578. The van der Waals surface area contributed by atoms with Crippen LogP contribution in [0.4, 0.5) is 0 Å². The fraction of sp³-hybridized carbons (Fsp3) is 0. The van der Waals surface area contributed by atoms with Gasteiger partial charge in [0.2, 0.25) is 0 Å². The normalized spacial score (nSPS) is 9.05. The maximum Gasteiger partial charge on any atom is 0.112 e. The maximum absolute atomic E-state index is 11.8. The molecule has 108 valence electrons. The summed E-state index contributed by atoms with van der Waals surface area (Å²) in [6.07, 6.45) is 0. The molecular weight excluding hydrogens is 311 g/mol. The molecule has 0 aliphatic rings. The molecule has 3 heteroatoms. The van der Waals surface area contributed by atoms with Crippen LogP contribution in [0.3, 0.4) is 0 Å². The summed E-state index contributed by atoms with van der Waals surface area (Å²) in [4.78, 5) is 11.8. The molecule has 0 heterocycles. The van der Waals surface area contributed by atoms with E-state index in [0.29, 0.717) is 16.1 Å². The van der Waals surface area contributed by atoms with Crippen LogP contribution in [-0.2, 0) is 17.1 Å². The molecule has 1 nitrogen and oxygen atoms in total. The van der Waals surface area contributed by atoms with Gasteiger partial charge in [0, 0.05) is 22.1 Å². The van der Waals surface area contributed by atoms with Gasteiger partial charge in [-0.05, 0) is 0 Å². The molecule has 0 radical (unpaired) electrons. The predicted molar refractivity (Wildman–Crippen MR) is 79.0 cm³/mol. The van der Waals surface area contributed by atoms with Gasteiger partial charge in [-0.1, -0.05) is 47.0 Å². The summed E-state index contributed by atoms with van der Waals surface area (Å²) in [6, 6.07) is 24.2. The van der Waals surface area contributed by atoms with E-state index >= 15 is 0 Å². The first-order valence-electron chi connectivity index (χ1n) is 5.96. The molecule has 0 atom stereocenters. The van der Waals surface area contributed by atoms with Crippen molar-refractivity contribution in [2.75, 3.05) is 0 Å². The Morgan fingerprint density at radius 3 is 1.80 bits per heavy atom. The van der Waals surface area contributed by atoms with Gasteiger partial charge in [0.25, 0.3) is 0 Å². The van der Waals surface area contributed by atoms with Gasteiger partial charge in [-0.25, -0.2) is 0 Å². The van der Waals surface area contributed by atoms with Crippen LogP contribution in [0, 0.1) is 0 Å². The van der Waals surface area contributed by atoms with Gasteiger partial charge in [-0.3, -0.25) is 0 Å². The van der Waals surface area contributed by atoms with Crippen molar-refractivity contribution in [3.63, 3.8) is 0 Å². The Balaban J connectivity index is 0.000000283. The minimum absolute atomic E-state index is 0. The minimum Gasteiger partial charge on any atom is -0.748 e. The summed E-state index contributed by atoms with van der Waals surface area (Å²) < 4.78 is 0. The van der Waals surface area contributed by atoms with Crippen LogP contribution in [0.15, 0.2) is 78.9 Å². The van der Waals surface area contributed by atoms with Crippen LogP contribution in [0.25, 0.3) is 0 Å². The molecule has 0 bridgehead atoms. The smallest absolute Gasteiger partial charge is 0.112 e. The molecule has 0 aromatic heterocycles. The molecule has 3 aromatic carbocycles. The van der Waals surface area contributed by atoms with Crippen molar-refractivity contribution in [2.45, 2.75) is 0 Å². The molecule has 0 saturated heterocycles. The predicted octanol–water partition coefficient (Wildman–Crippen LogP) is 4.69. The quantitative estimate of drug-likeness (QED) is 0.379. The third-order valence-electron chi connectivity index (χ3n) is 2.59. The van der Waals surface area contributed by atoms with Crippen molar-refractivity contribution >= 4 is 17.4 Å². The molecule has 0 amide bonds. The number of ketones is 1. The summed E-state index contributed by atoms with van der Waals surface area (Å²) >= 11 is 5.73. The largest absolute Gasteiger partial charge is 0.748 e. The Kier molecular flexibility index (Phi) is 7.03. The second-order valence-electron chi connectivity index (χ2n) is 3.97. The number of benzene rings is 1. The average Bonchev–Trinajstić information content (AvgIpc) is 3.15. The number of halogens is 1. The second-order valence-corrected chi connectivity index (χ2v) is 4.41. The molecule has 3 aromatic rings. The number of hydrogen-bond acceptors (Lipinski definition) is 1. The van der Waals surface area contributed by atoms with E-state index in [4.69, 9.17) is 11.6 Å². The van der Waals surface area contributed by atoms with Crippen molar-refractivity contribution < 1.29 is 21.9 Å². The summed E-state index contributed by atoms with van der Waals surface area (Å²) in [6.45, 7) is 0. The fourth-order valence-electron chi connectivity index (χ4n) is 1.61. The minimum atomic E-state index is 0. The van der Waals surface area contributed by atoms with Crippen molar-refractivity contribution in [1.29, 1.82) is 0 Å². The van der Waals surface area contributed by atoms with Crippen LogP contribution in [0.2, 0.25) is 5.02 Å². The van der Waals surface area contributed by atoms with Gasteiger partial charge >= 0.3 is 0 Å². The van der Waals surface area contributed by atoms with Gasteiger partial charge in [-0.15, -0.1) is 12.1 Å². The Labute approximate surface area is 134 Å². The van der Waals surface area contributed by atoms with Crippen LogP contribution >= 0.6 is 11.6 Å². The van der Waals surface area contributed by atoms with E-state index in [0.717, 1.165) is 0 Å². The first-order chi connectivity index (χ1) is 9.27. The molecule has 0 unspecified atom stereocenters. The molecule has 0 aliphatic carbocycles. The SMILES string of the molecule is O=C(c1ccc(Cl)cc1)[c-]1cccc1.[Fe].[cH-]1[cH-][cH-][cH-][cH-]1. The van der Waals surface area contributed by atoms with Crippen LogP contribution < -0.4 is 0 Å².